The van der Waals surface area contributed by atoms with Gasteiger partial charge in [0.2, 0.25) is 5.91 Å². The van der Waals surface area contributed by atoms with Crippen molar-refractivity contribution >= 4 is 33.1 Å². The van der Waals surface area contributed by atoms with E-state index in [0.29, 0.717) is 6.54 Å². The van der Waals surface area contributed by atoms with Gasteiger partial charge in [-0.15, -0.1) is 11.3 Å². The van der Waals surface area contributed by atoms with Crippen LogP contribution in [-0.4, -0.2) is 53.4 Å². The molecule has 0 unspecified atom stereocenters. The second-order valence-electron chi connectivity index (χ2n) is 10.2. The fraction of sp³-hybridized carbons (Fsp3) is 0.212. The standard InChI is InChI=1S/C33H32N4OS/c1-24-12-17-29-30(22-24)39-33(35-29)27-13-15-28(16-14-27)34-31(38)23-36-18-20-37(21-19-36)32(25-8-4-2-5-9-25)26-10-6-3-7-11-26/h2-17,22,32H,18-21,23H2,1H3,(H,34,38). The van der Waals surface area contributed by atoms with Crippen LogP contribution in [0.25, 0.3) is 20.8 Å². The lowest BCUT2D eigenvalue weighted by Gasteiger charge is -2.39. The van der Waals surface area contributed by atoms with Gasteiger partial charge in [-0.1, -0.05) is 66.7 Å². The second-order valence-corrected chi connectivity index (χ2v) is 11.2. The zero-order chi connectivity index (χ0) is 26.6. The molecule has 4 aromatic carbocycles. The first-order chi connectivity index (χ1) is 19.1. The van der Waals surface area contributed by atoms with E-state index in [1.165, 1.54) is 21.4 Å². The minimum absolute atomic E-state index is 0.0225. The van der Waals surface area contributed by atoms with Crippen LogP contribution < -0.4 is 5.32 Å². The van der Waals surface area contributed by atoms with E-state index in [1.807, 2.05) is 24.3 Å². The van der Waals surface area contributed by atoms with Crippen LogP contribution in [0.3, 0.4) is 0 Å². The van der Waals surface area contributed by atoms with Crippen molar-refractivity contribution in [3.8, 4) is 10.6 Å². The number of thiazole rings is 1. The van der Waals surface area contributed by atoms with Crippen LogP contribution in [0.15, 0.2) is 103 Å². The molecule has 0 atom stereocenters. The normalized spacial score (nSPS) is 14.6. The molecule has 2 heterocycles. The highest BCUT2D eigenvalue weighted by atomic mass is 32.1. The molecule has 1 amide bonds. The van der Waals surface area contributed by atoms with E-state index in [0.717, 1.165) is 48.0 Å². The smallest absolute Gasteiger partial charge is 0.238 e. The molecule has 1 N–H and O–H groups in total. The van der Waals surface area contributed by atoms with E-state index < -0.39 is 0 Å². The zero-order valence-corrected chi connectivity index (χ0v) is 22.9. The molecule has 0 radical (unpaired) electrons. The molecular formula is C33H32N4OS. The monoisotopic (exact) mass is 532 g/mol. The molecule has 1 aliphatic heterocycles. The van der Waals surface area contributed by atoms with Crippen LogP contribution in [-0.2, 0) is 4.79 Å². The van der Waals surface area contributed by atoms with Crippen molar-refractivity contribution in [2.75, 3.05) is 38.0 Å². The fourth-order valence-electron chi connectivity index (χ4n) is 5.32. The molecule has 5 aromatic rings. The molecule has 0 aliphatic carbocycles. The van der Waals surface area contributed by atoms with Crippen LogP contribution in [0, 0.1) is 6.92 Å². The fourth-order valence-corrected chi connectivity index (χ4v) is 6.39. The minimum atomic E-state index is 0.0225. The zero-order valence-electron chi connectivity index (χ0n) is 22.1. The summed E-state index contributed by atoms with van der Waals surface area (Å²) in [6.45, 7) is 6.05. The van der Waals surface area contributed by atoms with E-state index in [9.17, 15) is 4.79 Å². The van der Waals surface area contributed by atoms with Gasteiger partial charge in [-0.3, -0.25) is 14.6 Å². The molecule has 5 nitrogen and oxygen atoms in total. The van der Waals surface area contributed by atoms with Gasteiger partial charge >= 0.3 is 0 Å². The number of anilines is 1. The number of aryl methyl sites for hydroxylation is 1. The van der Waals surface area contributed by atoms with Gasteiger partial charge in [0.15, 0.2) is 0 Å². The first-order valence-electron chi connectivity index (χ1n) is 13.5. The maximum absolute atomic E-state index is 12.9. The SMILES string of the molecule is Cc1ccc2nc(-c3ccc(NC(=O)CN4CCN(C(c5ccccc5)c5ccccc5)CC4)cc3)sc2c1. The maximum atomic E-state index is 12.9. The third-order valence-electron chi connectivity index (χ3n) is 7.33. The number of nitrogens with one attached hydrogen (secondary N) is 1. The number of piperazine rings is 1. The van der Waals surface area contributed by atoms with Gasteiger partial charge in [-0.05, 0) is 60.0 Å². The van der Waals surface area contributed by atoms with E-state index in [2.05, 4.69) is 101 Å². The van der Waals surface area contributed by atoms with Gasteiger partial charge in [0.25, 0.3) is 0 Å². The quantitative estimate of drug-likeness (QED) is 0.256. The highest BCUT2D eigenvalue weighted by Crippen LogP contribution is 2.32. The summed E-state index contributed by atoms with van der Waals surface area (Å²) >= 11 is 1.70. The Labute approximate surface area is 233 Å². The van der Waals surface area contributed by atoms with Gasteiger partial charge in [0, 0.05) is 37.4 Å². The third-order valence-corrected chi connectivity index (χ3v) is 8.40. The van der Waals surface area contributed by atoms with Gasteiger partial charge in [-0.25, -0.2) is 4.98 Å². The number of hydrogen-bond acceptors (Lipinski definition) is 5. The molecule has 0 saturated carbocycles. The number of carbonyl (C=O) groups excluding carboxylic acids is 1. The first kappa shape index (κ1) is 25.4. The van der Waals surface area contributed by atoms with E-state index >= 15 is 0 Å². The molecule has 1 aromatic heterocycles. The maximum Gasteiger partial charge on any atom is 0.238 e. The van der Waals surface area contributed by atoms with Crippen molar-refractivity contribution in [1.82, 2.24) is 14.8 Å². The Morgan fingerprint density at radius 3 is 2.13 bits per heavy atom. The Kier molecular flexibility index (Phi) is 7.50. The van der Waals surface area contributed by atoms with E-state index in [1.54, 1.807) is 11.3 Å². The number of amides is 1. The summed E-state index contributed by atoms with van der Waals surface area (Å²) in [7, 11) is 0. The van der Waals surface area contributed by atoms with Crippen LogP contribution in [0.2, 0.25) is 0 Å². The molecule has 39 heavy (non-hydrogen) atoms. The van der Waals surface area contributed by atoms with Crippen LogP contribution in [0.4, 0.5) is 5.69 Å². The molecule has 6 heteroatoms. The molecule has 0 bridgehead atoms. The summed E-state index contributed by atoms with van der Waals surface area (Å²) in [4.78, 5) is 22.4. The average Bonchev–Trinajstić information content (AvgIpc) is 3.39. The van der Waals surface area contributed by atoms with Gasteiger partial charge in [0.05, 0.1) is 22.8 Å². The number of aromatic nitrogens is 1. The highest BCUT2D eigenvalue weighted by molar-refractivity contribution is 7.21. The Hall–Kier alpha value is -3.84. The topological polar surface area (TPSA) is 48.5 Å². The second kappa shape index (κ2) is 11.5. The molecule has 1 aliphatic rings. The Morgan fingerprint density at radius 2 is 1.49 bits per heavy atom. The minimum Gasteiger partial charge on any atom is -0.325 e. The number of benzene rings is 4. The number of nitrogens with zero attached hydrogens (tertiary/aromatic N) is 3. The van der Waals surface area contributed by atoms with Gasteiger partial charge in [-0.2, -0.15) is 0 Å². The molecule has 6 rings (SSSR count). The summed E-state index contributed by atoms with van der Waals surface area (Å²) in [5.41, 5.74) is 6.75. The highest BCUT2D eigenvalue weighted by Gasteiger charge is 2.27. The van der Waals surface area contributed by atoms with Crippen molar-refractivity contribution < 1.29 is 4.79 Å². The summed E-state index contributed by atoms with van der Waals surface area (Å²) in [6.07, 6.45) is 0. The molecular weight excluding hydrogens is 500 g/mol. The van der Waals surface area contributed by atoms with Crippen molar-refractivity contribution in [3.63, 3.8) is 0 Å². The summed E-state index contributed by atoms with van der Waals surface area (Å²) < 4.78 is 1.20. The lowest BCUT2D eigenvalue weighted by Crippen LogP contribution is -2.49. The predicted molar refractivity (Wildman–Crippen MR) is 161 cm³/mol. The summed E-state index contributed by atoms with van der Waals surface area (Å²) in [5, 5.41) is 4.07. The van der Waals surface area contributed by atoms with Crippen LogP contribution in [0.1, 0.15) is 22.7 Å². The van der Waals surface area contributed by atoms with Crippen LogP contribution >= 0.6 is 11.3 Å². The van der Waals surface area contributed by atoms with Crippen LogP contribution in [0.5, 0.6) is 0 Å². The number of hydrogen-bond donors (Lipinski definition) is 1. The Balaban J connectivity index is 1.05. The molecule has 0 spiro atoms. The number of rotatable bonds is 7. The lowest BCUT2D eigenvalue weighted by atomic mass is 9.96. The van der Waals surface area contributed by atoms with Gasteiger partial charge in [0.1, 0.15) is 5.01 Å². The first-order valence-corrected chi connectivity index (χ1v) is 14.3. The van der Waals surface area contributed by atoms with Crippen molar-refractivity contribution in [1.29, 1.82) is 0 Å². The molecule has 1 saturated heterocycles. The largest absolute Gasteiger partial charge is 0.325 e. The summed E-state index contributed by atoms with van der Waals surface area (Å²) in [6, 6.07) is 36.0. The van der Waals surface area contributed by atoms with Crippen molar-refractivity contribution in [2.24, 2.45) is 0 Å². The summed E-state index contributed by atoms with van der Waals surface area (Å²) in [5.74, 6) is 0.0225. The molecule has 196 valence electrons. The van der Waals surface area contributed by atoms with Crippen molar-refractivity contribution in [2.45, 2.75) is 13.0 Å². The lowest BCUT2D eigenvalue weighted by molar-refractivity contribution is -0.117. The predicted octanol–water partition coefficient (Wildman–Crippen LogP) is 6.62. The Morgan fingerprint density at radius 1 is 0.846 bits per heavy atom. The third kappa shape index (κ3) is 5.93. The van der Waals surface area contributed by atoms with E-state index in [4.69, 9.17) is 4.98 Å². The molecule has 1 fully saturated rings. The Bertz CT molecular complexity index is 1500. The van der Waals surface area contributed by atoms with E-state index in [-0.39, 0.29) is 11.9 Å². The number of carbonyl (C=O) groups is 1. The van der Waals surface area contributed by atoms with Crippen molar-refractivity contribution in [3.05, 3.63) is 120 Å². The number of fused-ring (bicyclic) bond motifs is 1. The average molecular weight is 533 g/mol. The van der Waals surface area contributed by atoms with Gasteiger partial charge < -0.3 is 5.32 Å².